The van der Waals surface area contributed by atoms with Crippen molar-refractivity contribution in [1.82, 2.24) is 25.1 Å². The first-order chi connectivity index (χ1) is 19.6. The molecule has 2 heterocycles. The fourth-order valence-electron chi connectivity index (χ4n) is 5.98. The number of nitrogens with one attached hydrogen (secondary N) is 2. The van der Waals surface area contributed by atoms with E-state index < -0.39 is 11.7 Å². The number of benzene rings is 1. The molecule has 3 aliphatic rings. The van der Waals surface area contributed by atoms with Crippen molar-refractivity contribution in [3.63, 3.8) is 0 Å². The van der Waals surface area contributed by atoms with Gasteiger partial charge in [-0.3, -0.25) is 9.59 Å². The number of piperidine rings is 1. The van der Waals surface area contributed by atoms with Crippen LogP contribution in [-0.4, -0.2) is 70.9 Å². The molecule has 222 valence electrons. The molecule has 2 atom stereocenters. The molecule has 0 unspecified atom stereocenters. The van der Waals surface area contributed by atoms with Crippen molar-refractivity contribution < 1.29 is 22.8 Å². The molecule has 2 aliphatic carbocycles. The van der Waals surface area contributed by atoms with E-state index in [0.29, 0.717) is 11.3 Å². The summed E-state index contributed by atoms with van der Waals surface area (Å²) in [6, 6.07) is 6.87. The molecular weight excluding hydrogens is 533 g/mol. The molecule has 2 amide bonds. The van der Waals surface area contributed by atoms with Crippen molar-refractivity contribution in [3.05, 3.63) is 47.3 Å². The molecule has 3 fully saturated rings. The van der Waals surface area contributed by atoms with Gasteiger partial charge >= 0.3 is 6.18 Å². The molecule has 0 bridgehead atoms. The van der Waals surface area contributed by atoms with Crippen LogP contribution in [0.4, 0.5) is 24.8 Å². The molecule has 0 spiro atoms. The number of halogens is 3. The first kappa shape index (κ1) is 29.3. The highest BCUT2D eigenvalue weighted by molar-refractivity contribution is 5.94. The lowest BCUT2D eigenvalue weighted by atomic mass is 9.81. The van der Waals surface area contributed by atoms with Crippen LogP contribution in [0.2, 0.25) is 0 Å². The highest BCUT2D eigenvalue weighted by Gasteiger charge is 2.38. The number of alkyl halides is 3. The summed E-state index contributed by atoms with van der Waals surface area (Å²) < 4.78 is 41.7. The summed E-state index contributed by atoms with van der Waals surface area (Å²) in [4.78, 5) is 37.7. The fourth-order valence-corrected chi connectivity index (χ4v) is 5.98. The van der Waals surface area contributed by atoms with E-state index in [-0.39, 0.29) is 53.8 Å². The summed E-state index contributed by atoms with van der Waals surface area (Å²) in [7, 11) is 3.91. The van der Waals surface area contributed by atoms with Crippen LogP contribution < -0.4 is 10.6 Å². The molecule has 1 aliphatic heterocycles. The van der Waals surface area contributed by atoms with Gasteiger partial charge in [-0.2, -0.15) is 13.2 Å². The van der Waals surface area contributed by atoms with E-state index in [1.807, 2.05) is 7.05 Å². The van der Waals surface area contributed by atoms with E-state index in [0.717, 1.165) is 70.7 Å². The van der Waals surface area contributed by atoms with Gasteiger partial charge in [0.15, 0.2) is 0 Å². The number of carbonyl (C=O) groups excluding carboxylic acids is 2. The summed E-state index contributed by atoms with van der Waals surface area (Å²) in [5.74, 6) is -0.0565. The van der Waals surface area contributed by atoms with Gasteiger partial charge in [-0.25, -0.2) is 9.97 Å². The van der Waals surface area contributed by atoms with Crippen molar-refractivity contribution in [2.24, 2.45) is 11.8 Å². The lowest BCUT2D eigenvalue weighted by molar-refractivity contribution is -0.139. The molecule has 2 N–H and O–H groups in total. The zero-order valence-corrected chi connectivity index (χ0v) is 23.7. The second-order valence-corrected chi connectivity index (χ2v) is 11.8. The van der Waals surface area contributed by atoms with E-state index in [1.165, 1.54) is 0 Å². The molecule has 5 rings (SSSR count). The molecule has 1 aromatic carbocycles. The lowest BCUT2D eigenvalue weighted by Crippen LogP contribution is -2.44. The Hall–Kier alpha value is -3.21. The topological polar surface area (TPSA) is 90.5 Å². The summed E-state index contributed by atoms with van der Waals surface area (Å²) in [6.07, 6.45) is 3.34. The van der Waals surface area contributed by atoms with Gasteiger partial charge in [0.2, 0.25) is 11.9 Å². The number of aromatic nitrogens is 2. The second-order valence-electron chi connectivity index (χ2n) is 11.8. The SMILES string of the molecule is CN1CCC(N(C)C(=O)c2ccc(Nc3ncc(C(F)(F)F)c(C[C@@H]4CCCC[C@@H]4NC(=O)C4CC4)n3)cc2)CC1. The number of likely N-dealkylation sites (tertiary alicyclic amines) is 1. The third-order valence-corrected chi connectivity index (χ3v) is 8.76. The van der Waals surface area contributed by atoms with E-state index >= 15 is 0 Å². The largest absolute Gasteiger partial charge is 0.419 e. The van der Waals surface area contributed by atoms with E-state index in [2.05, 4.69) is 32.5 Å². The maximum atomic E-state index is 13.9. The number of amides is 2. The first-order valence-corrected chi connectivity index (χ1v) is 14.6. The quantitative estimate of drug-likeness (QED) is 0.461. The molecule has 0 radical (unpaired) electrons. The molecule has 11 heteroatoms. The minimum absolute atomic E-state index is 0.0162. The Morgan fingerprint density at radius 3 is 2.37 bits per heavy atom. The van der Waals surface area contributed by atoms with Gasteiger partial charge in [-0.1, -0.05) is 12.8 Å². The van der Waals surface area contributed by atoms with Crippen molar-refractivity contribution in [2.45, 2.75) is 76.0 Å². The Balaban J connectivity index is 1.28. The normalized spacial score (nSPS) is 22.3. The molecule has 41 heavy (non-hydrogen) atoms. The molecule has 1 aromatic heterocycles. The van der Waals surface area contributed by atoms with Crippen molar-refractivity contribution in [3.8, 4) is 0 Å². The summed E-state index contributed by atoms with van der Waals surface area (Å²) in [6.45, 7) is 1.91. The van der Waals surface area contributed by atoms with Gasteiger partial charge < -0.3 is 20.4 Å². The number of nitrogens with zero attached hydrogens (tertiary/aromatic N) is 4. The van der Waals surface area contributed by atoms with Crippen LogP contribution in [0.5, 0.6) is 0 Å². The summed E-state index contributed by atoms with van der Waals surface area (Å²) in [5.41, 5.74) is 0.196. The highest BCUT2D eigenvalue weighted by atomic mass is 19.4. The van der Waals surface area contributed by atoms with Crippen molar-refractivity contribution >= 4 is 23.5 Å². The van der Waals surface area contributed by atoms with Crippen LogP contribution >= 0.6 is 0 Å². The zero-order valence-electron chi connectivity index (χ0n) is 23.7. The Kier molecular flexibility index (Phi) is 8.82. The predicted octanol–water partition coefficient (Wildman–Crippen LogP) is 5.03. The van der Waals surface area contributed by atoms with Crippen molar-refractivity contribution in [2.75, 3.05) is 32.5 Å². The van der Waals surface area contributed by atoms with Gasteiger partial charge in [-0.15, -0.1) is 0 Å². The first-order valence-electron chi connectivity index (χ1n) is 14.6. The number of anilines is 2. The van der Waals surface area contributed by atoms with Gasteiger partial charge in [-0.05, 0) is 95.3 Å². The Bertz CT molecular complexity index is 1230. The molecule has 8 nitrogen and oxygen atoms in total. The third-order valence-electron chi connectivity index (χ3n) is 8.76. The monoisotopic (exact) mass is 572 g/mol. The van der Waals surface area contributed by atoms with E-state index in [4.69, 9.17) is 0 Å². The van der Waals surface area contributed by atoms with E-state index in [9.17, 15) is 22.8 Å². The van der Waals surface area contributed by atoms with Gasteiger partial charge in [0.1, 0.15) is 0 Å². The van der Waals surface area contributed by atoms with Crippen LogP contribution in [0.3, 0.4) is 0 Å². The Morgan fingerprint density at radius 2 is 1.71 bits per heavy atom. The van der Waals surface area contributed by atoms with Gasteiger partial charge in [0.05, 0.1) is 11.3 Å². The highest BCUT2D eigenvalue weighted by Crippen LogP contribution is 2.36. The van der Waals surface area contributed by atoms with Crippen LogP contribution in [-0.2, 0) is 17.4 Å². The zero-order chi connectivity index (χ0) is 29.1. The number of rotatable bonds is 8. The second kappa shape index (κ2) is 12.3. The lowest BCUT2D eigenvalue weighted by Gasteiger charge is -2.35. The third kappa shape index (κ3) is 7.36. The number of hydrogen-bond donors (Lipinski definition) is 2. The maximum Gasteiger partial charge on any atom is 0.419 e. The predicted molar refractivity (Wildman–Crippen MR) is 150 cm³/mol. The summed E-state index contributed by atoms with van der Waals surface area (Å²) in [5, 5.41) is 6.10. The smallest absolute Gasteiger partial charge is 0.353 e. The molecular formula is C30H39F3N6O2. The Morgan fingerprint density at radius 1 is 1.02 bits per heavy atom. The average molecular weight is 573 g/mol. The van der Waals surface area contributed by atoms with Crippen molar-refractivity contribution in [1.29, 1.82) is 0 Å². The summed E-state index contributed by atoms with van der Waals surface area (Å²) >= 11 is 0. The Labute approximate surface area is 239 Å². The van der Waals surface area contributed by atoms with Crippen LogP contribution in [0.25, 0.3) is 0 Å². The maximum absolute atomic E-state index is 13.9. The van der Waals surface area contributed by atoms with Gasteiger partial charge in [0, 0.05) is 42.5 Å². The average Bonchev–Trinajstić information content (AvgIpc) is 3.80. The van der Waals surface area contributed by atoms with Crippen LogP contribution in [0.1, 0.15) is 73.0 Å². The van der Waals surface area contributed by atoms with Gasteiger partial charge in [0.25, 0.3) is 5.91 Å². The van der Waals surface area contributed by atoms with E-state index in [1.54, 1.807) is 29.2 Å². The van der Waals surface area contributed by atoms with Crippen LogP contribution in [0, 0.1) is 11.8 Å². The fraction of sp³-hybridized carbons (Fsp3) is 0.600. The molecule has 2 aromatic rings. The van der Waals surface area contributed by atoms with Crippen LogP contribution in [0.15, 0.2) is 30.5 Å². The minimum atomic E-state index is -4.59. The number of carbonyl (C=O) groups is 2. The molecule has 1 saturated heterocycles. The molecule has 2 saturated carbocycles. The number of hydrogen-bond acceptors (Lipinski definition) is 6. The minimum Gasteiger partial charge on any atom is -0.353 e. The standard InChI is InChI=1S/C30H39F3N6O2/c1-38-15-13-23(14-16-38)39(2)28(41)20-9-11-22(12-10-20)35-29-34-18-24(30(31,32)33)26(37-29)17-21-5-3-4-6-25(21)36-27(40)19-7-8-19/h9-12,18-19,21,23,25H,3-8,13-17H2,1-2H3,(H,36,40)(H,34,35,37)/t21-,25-/m0/s1.